The van der Waals surface area contributed by atoms with Gasteiger partial charge in [0.1, 0.15) is 24.2 Å². The molecule has 0 amide bonds. The van der Waals surface area contributed by atoms with Gasteiger partial charge in [-0.15, -0.1) is 0 Å². The SMILES string of the molecule is COc1ccc(OC[C@H](O)Cn2c3c(c4ccccc4c2=O)C(=O)c2ccccc2-3)cc1. The Labute approximate surface area is 184 Å². The molecule has 0 saturated heterocycles. The smallest absolute Gasteiger partial charge is 0.259 e. The minimum Gasteiger partial charge on any atom is -0.497 e. The van der Waals surface area contributed by atoms with Crippen LogP contribution in [-0.2, 0) is 6.54 Å². The number of ether oxygens (including phenoxy) is 2. The molecular formula is C26H21NO5. The number of rotatable bonds is 6. The molecule has 6 nitrogen and oxygen atoms in total. The van der Waals surface area contributed by atoms with Gasteiger partial charge in [-0.2, -0.15) is 0 Å². The second-order valence-corrected chi connectivity index (χ2v) is 7.70. The van der Waals surface area contributed by atoms with Crippen LogP contribution in [0.2, 0.25) is 0 Å². The second-order valence-electron chi connectivity index (χ2n) is 7.70. The number of aliphatic hydroxyl groups is 1. The lowest BCUT2D eigenvalue weighted by molar-refractivity contribution is 0.0919. The molecule has 0 fully saturated rings. The summed E-state index contributed by atoms with van der Waals surface area (Å²) in [5, 5.41) is 11.8. The lowest BCUT2D eigenvalue weighted by atomic mass is 10.0. The average molecular weight is 427 g/mol. The lowest BCUT2D eigenvalue weighted by Crippen LogP contribution is -2.31. The van der Waals surface area contributed by atoms with E-state index in [4.69, 9.17) is 9.47 Å². The predicted molar refractivity (Wildman–Crippen MR) is 122 cm³/mol. The second kappa shape index (κ2) is 7.98. The number of hydrogen-bond donors (Lipinski definition) is 1. The zero-order valence-electron chi connectivity index (χ0n) is 17.4. The van der Waals surface area contributed by atoms with Crippen LogP contribution in [0.15, 0.2) is 77.6 Å². The van der Waals surface area contributed by atoms with Crippen molar-refractivity contribution >= 4 is 16.6 Å². The Kier molecular flexibility index (Phi) is 4.99. The molecule has 1 atom stereocenters. The molecule has 1 heterocycles. The van der Waals surface area contributed by atoms with Crippen LogP contribution < -0.4 is 15.0 Å². The molecule has 1 aliphatic carbocycles. The van der Waals surface area contributed by atoms with E-state index in [1.807, 2.05) is 24.3 Å². The number of fused-ring (bicyclic) bond motifs is 5. The predicted octanol–water partition coefficient (Wildman–Crippen LogP) is 3.66. The van der Waals surface area contributed by atoms with Crippen LogP contribution in [0.3, 0.4) is 0 Å². The normalized spacial score (nSPS) is 13.0. The van der Waals surface area contributed by atoms with Crippen molar-refractivity contribution in [2.24, 2.45) is 0 Å². The Morgan fingerprint density at radius 3 is 2.19 bits per heavy atom. The van der Waals surface area contributed by atoms with E-state index in [1.165, 1.54) is 4.57 Å². The summed E-state index contributed by atoms with van der Waals surface area (Å²) in [6.45, 7) is -0.000266. The number of ketones is 1. The summed E-state index contributed by atoms with van der Waals surface area (Å²) in [6.07, 6.45) is -0.956. The molecule has 6 heteroatoms. The van der Waals surface area contributed by atoms with Gasteiger partial charge in [-0.25, -0.2) is 0 Å². The van der Waals surface area contributed by atoms with Crippen LogP contribution in [-0.4, -0.2) is 35.3 Å². The van der Waals surface area contributed by atoms with Crippen LogP contribution in [0.25, 0.3) is 22.0 Å². The molecule has 1 aromatic heterocycles. The fourth-order valence-corrected chi connectivity index (χ4v) is 4.23. The molecule has 5 rings (SSSR count). The molecule has 160 valence electrons. The highest BCUT2D eigenvalue weighted by atomic mass is 16.5. The first-order valence-electron chi connectivity index (χ1n) is 10.3. The minimum atomic E-state index is -0.956. The number of carbonyl (C=O) groups is 1. The van der Waals surface area contributed by atoms with Crippen LogP contribution in [0.4, 0.5) is 0 Å². The minimum absolute atomic E-state index is 0.00374. The van der Waals surface area contributed by atoms with Gasteiger partial charge in [0.05, 0.1) is 24.9 Å². The van der Waals surface area contributed by atoms with E-state index < -0.39 is 6.10 Å². The maximum atomic E-state index is 13.4. The number of hydrogen-bond acceptors (Lipinski definition) is 5. The van der Waals surface area contributed by atoms with Crippen molar-refractivity contribution in [2.45, 2.75) is 12.6 Å². The number of benzene rings is 3. The van der Waals surface area contributed by atoms with Gasteiger partial charge in [-0.3, -0.25) is 9.59 Å². The van der Waals surface area contributed by atoms with E-state index in [0.29, 0.717) is 44.7 Å². The summed E-state index contributed by atoms with van der Waals surface area (Å²) in [6, 6.07) is 21.4. The Bertz CT molecular complexity index is 1390. The largest absolute Gasteiger partial charge is 0.497 e. The Morgan fingerprint density at radius 1 is 0.844 bits per heavy atom. The van der Waals surface area contributed by atoms with Crippen LogP contribution in [0, 0.1) is 0 Å². The maximum absolute atomic E-state index is 13.4. The van der Waals surface area contributed by atoms with Crippen molar-refractivity contribution in [3.63, 3.8) is 0 Å². The molecule has 0 saturated carbocycles. The third-order valence-electron chi connectivity index (χ3n) is 5.73. The lowest BCUT2D eigenvalue weighted by Gasteiger charge is -2.18. The van der Waals surface area contributed by atoms with Gasteiger partial charge in [0.25, 0.3) is 5.56 Å². The molecule has 0 spiro atoms. The number of nitrogens with zero attached hydrogens (tertiary/aromatic N) is 1. The van der Waals surface area contributed by atoms with Crippen LogP contribution >= 0.6 is 0 Å². The Hall–Kier alpha value is -3.90. The molecule has 0 radical (unpaired) electrons. The van der Waals surface area contributed by atoms with Crippen molar-refractivity contribution in [1.29, 1.82) is 0 Å². The average Bonchev–Trinajstić information content (AvgIpc) is 3.13. The van der Waals surface area contributed by atoms with Crippen LogP contribution in [0.1, 0.15) is 15.9 Å². The van der Waals surface area contributed by atoms with E-state index in [2.05, 4.69) is 0 Å². The highest BCUT2D eigenvalue weighted by Crippen LogP contribution is 2.39. The van der Waals surface area contributed by atoms with E-state index in [0.717, 1.165) is 0 Å². The van der Waals surface area contributed by atoms with E-state index in [-0.39, 0.29) is 24.5 Å². The number of pyridine rings is 1. The summed E-state index contributed by atoms with van der Waals surface area (Å²) in [5.41, 5.74) is 2.09. The molecular weight excluding hydrogens is 406 g/mol. The van der Waals surface area contributed by atoms with Gasteiger partial charge in [-0.1, -0.05) is 42.5 Å². The summed E-state index contributed by atoms with van der Waals surface area (Å²) in [7, 11) is 1.59. The van der Waals surface area contributed by atoms with E-state index in [1.54, 1.807) is 55.6 Å². The first kappa shape index (κ1) is 20.0. The molecule has 4 aromatic rings. The molecule has 0 unspecified atom stereocenters. The number of aromatic nitrogens is 1. The van der Waals surface area contributed by atoms with Gasteiger partial charge < -0.3 is 19.1 Å². The van der Waals surface area contributed by atoms with Crippen molar-refractivity contribution in [2.75, 3.05) is 13.7 Å². The molecule has 1 N–H and O–H groups in total. The highest BCUT2D eigenvalue weighted by Gasteiger charge is 2.32. The fourth-order valence-electron chi connectivity index (χ4n) is 4.23. The first-order valence-corrected chi connectivity index (χ1v) is 10.3. The molecule has 1 aliphatic rings. The monoisotopic (exact) mass is 427 g/mol. The number of methoxy groups -OCH3 is 1. The zero-order chi connectivity index (χ0) is 22.2. The number of aliphatic hydroxyl groups excluding tert-OH is 1. The van der Waals surface area contributed by atoms with Gasteiger partial charge >= 0.3 is 0 Å². The quantitative estimate of drug-likeness (QED) is 0.448. The van der Waals surface area contributed by atoms with Crippen molar-refractivity contribution in [3.8, 4) is 22.8 Å². The summed E-state index contributed by atoms with van der Waals surface area (Å²) >= 11 is 0. The van der Waals surface area contributed by atoms with Crippen molar-refractivity contribution in [1.82, 2.24) is 4.57 Å². The van der Waals surface area contributed by atoms with Gasteiger partial charge in [0.2, 0.25) is 0 Å². The molecule has 0 bridgehead atoms. The third kappa shape index (κ3) is 3.25. The highest BCUT2D eigenvalue weighted by molar-refractivity contribution is 6.26. The molecule has 3 aromatic carbocycles. The topological polar surface area (TPSA) is 77.8 Å². The van der Waals surface area contributed by atoms with E-state index >= 15 is 0 Å². The number of carbonyl (C=O) groups excluding carboxylic acids is 1. The van der Waals surface area contributed by atoms with Crippen molar-refractivity contribution in [3.05, 3.63) is 94.3 Å². The van der Waals surface area contributed by atoms with E-state index in [9.17, 15) is 14.7 Å². The molecule has 32 heavy (non-hydrogen) atoms. The Balaban J connectivity index is 1.52. The third-order valence-corrected chi connectivity index (χ3v) is 5.73. The molecule has 0 aliphatic heterocycles. The standard InChI is InChI=1S/C26H21NO5/c1-31-17-10-12-18(13-11-17)32-15-16(28)14-27-24-20-7-3-4-8-21(20)25(29)23(24)19-6-2-5-9-22(19)26(27)30/h2-13,16,28H,14-15H2,1H3/t16-/m1/s1. The van der Waals surface area contributed by atoms with Crippen LogP contribution in [0.5, 0.6) is 11.5 Å². The summed E-state index contributed by atoms with van der Waals surface area (Å²) < 4.78 is 12.3. The first-order chi connectivity index (χ1) is 15.6. The maximum Gasteiger partial charge on any atom is 0.259 e. The Morgan fingerprint density at radius 2 is 1.47 bits per heavy atom. The summed E-state index contributed by atoms with van der Waals surface area (Å²) in [5.74, 6) is 1.19. The summed E-state index contributed by atoms with van der Waals surface area (Å²) in [4.78, 5) is 26.6. The van der Waals surface area contributed by atoms with Gasteiger partial charge in [0.15, 0.2) is 5.78 Å². The van der Waals surface area contributed by atoms with Gasteiger partial charge in [0, 0.05) is 21.9 Å². The van der Waals surface area contributed by atoms with Gasteiger partial charge in [-0.05, 0) is 30.3 Å². The zero-order valence-corrected chi connectivity index (χ0v) is 17.4. The fraction of sp³-hybridized carbons (Fsp3) is 0.154. The van der Waals surface area contributed by atoms with Crippen molar-refractivity contribution < 1.29 is 19.4 Å².